The second kappa shape index (κ2) is 5.53. The van der Waals surface area contributed by atoms with Crippen molar-refractivity contribution >= 4 is 11.9 Å². The molecular formula is C7H12O7. The van der Waals surface area contributed by atoms with Crippen LogP contribution in [0.3, 0.4) is 0 Å². The predicted molar refractivity (Wildman–Crippen MR) is 42.5 cm³/mol. The maximum absolute atomic E-state index is 10.5. The van der Waals surface area contributed by atoms with Gasteiger partial charge in [0.05, 0.1) is 25.0 Å². The van der Waals surface area contributed by atoms with Gasteiger partial charge in [-0.05, 0) is 0 Å². The third-order valence-corrected chi connectivity index (χ3v) is 1.71. The maximum atomic E-state index is 10.5. The lowest BCUT2D eigenvalue weighted by atomic mass is 9.95. The Kier molecular flexibility index (Phi) is 5.06. The van der Waals surface area contributed by atoms with Gasteiger partial charge in [-0.2, -0.15) is 0 Å². The highest BCUT2D eigenvalue weighted by Gasteiger charge is 2.33. The molecule has 0 bridgehead atoms. The number of aliphatic carboxylic acids is 2. The molecule has 0 spiro atoms. The van der Waals surface area contributed by atoms with Gasteiger partial charge in [0.15, 0.2) is 0 Å². The molecule has 0 heterocycles. The summed E-state index contributed by atoms with van der Waals surface area (Å²) >= 11 is 0. The van der Waals surface area contributed by atoms with E-state index in [-0.39, 0.29) is 0 Å². The van der Waals surface area contributed by atoms with Crippen molar-refractivity contribution in [3.8, 4) is 0 Å². The van der Waals surface area contributed by atoms with Gasteiger partial charge in [0.1, 0.15) is 6.10 Å². The molecule has 7 nitrogen and oxygen atoms in total. The molecular weight excluding hydrogens is 196 g/mol. The molecule has 0 aliphatic rings. The molecule has 0 radical (unpaired) electrons. The van der Waals surface area contributed by atoms with E-state index in [1.807, 2.05) is 0 Å². The van der Waals surface area contributed by atoms with Crippen LogP contribution in [0.25, 0.3) is 0 Å². The minimum atomic E-state index is -1.80. The number of rotatable bonds is 6. The van der Waals surface area contributed by atoms with Crippen LogP contribution in [0.5, 0.6) is 0 Å². The molecule has 0 amide bonds. The fourth-order valence-electron chi connectivity index (χ4n) is 0.918. The summed E-state index contributed by atoms with van der Waals surface area (Å²) in [6.07, 6.45) is -4.27. The van der Waals surface area contributed by atoms with Crippen molar-refractivity contribution in [3.63, 3.8) is 0 Å². The van der Waals surface area contributed by atoms with E-state index in [4.69, 9.17) is 25.5 Å². The molecule has 3 unspecified atom stereocenters. The van der Waals surface area contributed by atoms with Gasteiger partial charge < -0.3 is 25.5 Å². The molecule has 0 aliphatic heterocycles. The molecule has 0 saturated heterocycles. The Morgan fingerprint density at radius 1 is 1.14 bits per heavy atom. The van der Waals surface area contributed by atoms with Crippen molar-refractivity contribution in [1.29, 1.82) is 0 Å². The average Bonchev–Trinajstić information content (AvgIpc) is 2.11. The topological polar surface area (TPSA) is 135 Å². The molecule has 0 saturated carbocycles. The summed E-state index contributed by atoms with van der Waals surface area (Å²) in [5.74, 6) is -4.57. The quantitative estimate of drug-likeness (QED) is 0.336. The van der Waals surface area contributed by atoms with Gasteiger partial charge in [-0.3, -0.25) is 9.59 Å². The zero-order chi connectivity index (χ0) is 11.3. The summed E-state index contributed by atoms with van der Waals surface area (Å²) < 4.78 is 0. The Balaban J connectivity index is 4.48. The molecule has 7 heteroatoms. The van der Waals surface area contributed by atoms with Gasteiger partial charge >= 0.3 is 11.9 Å². The average molecular weight is 208 g/mol. The fourth-order valence-corrected chi connectivity index (χ4v) is 0.918. The molecule has 0 aliphatic carbocycles. The van der Waals surface area contributed by atoms with E-state index in [9.17, 15) is 9.59 Å². The van der Waals surface area contributed by atoms with Crippen molar-refractivity contribution in [2.24, 2.45) is 5.92 Å². The first-order valence-electron chi connectivity index (χ1n) is 3.81. The Morgan fingerprint density at radius 2 is 1.64 bits per heavy atom. The zero-order valence-electron chi connectivity index (χ0n) is 7.20. The molecule has 14 heavy (non-hydrogen) atoms. The van der Waals surface area contributed by atoms with Crippen molar-refractivity contribution in [1.82, 2.24) is 0 Å². The fraction of sp³-hybridized carbons (Fsp3) is 0.714. The molecule has 0 aromatic rings. The number of hydrogen-bond donors (Lipinski definition) is 5. The Morgan fingerprint density at radius 3 is 1.93 bits per heavy atom. The SMILES string of the molecule is O=C(O)CC(C(=O)O)C(O)C(O)CO. The number of carboxylic acids is 2. The summed E-state index contributed by atoms with van der Waals surface area (Å²) in [7, 11) is 0. The molecule has 0 aromatic carbocycles. The van der Waals surface area contributed by atoms with Gasteiger partial charge in [-0.1, -0.05) is 0 Å². The van der Waals surface area contributed by atoms with Gasteiger partial charge in [0.25, 0.3) is 0 Å². The summed E-state index contributed by atoms with van der Waals surface area (Å²) in [6.45, 7) is -0.829. The third-order valence-electron chi connectivity index (χ3n) is 1.71. The van der Waals surface area contributed by atoms with E-state index >= 15 is 0 Å². The van der Waals surface area contributed by atoms with Crippen LogP contribution in [-0.4, -0.2) is 56.3 Å². The lowest BCUT2D eigenvalue weighted by Crippen LogP contribution is -2.40. The van der Waals surface area contributed by atoms with E-state index < -0.39 is 43.1 Å². The smallest absolute Gasteiger partial charge is 0.309 e. The molecule has 0 fully saturated rings. The lowest BCUT2D eigenvalue weighted by molar-refractivity contribution is -0.156. The number of carboxylic acid groups (broad SMARTS) is 2. The van der Waals surface area contributed by atoms with Crippen molar-refractivity contribution in [3.05, 3.63) is 0 Å². The first kappa shape index (κ1) is 12.8. The molecule has 82 valence electrons. The second-order valence-corrected chi connectivity index (χ2v) is 2.78. The first-order valence-corrected chi connectivity index (χ1v) is 3.81. The Hall–Kier alpha value is -1.18. The van der Waals surface area contributed by atoms with Gasteiger partial charge in [0, 0.05) is 0 Å². The Bertz CT molecular complexity index is 214. The minimum Gasteiger partial charge on any atom is -0.481 e. The van der Waals surface area contributed by atoms with Crippen LogP contribution in [0.15, 0.2) is 0 Å². The van der Waals surface area contributed by atoms with Crippen LogP contribution in [0.2, 0.25) is 0 Å². The predicted octanol–water partition coefficient (Wildman–Crippen LogP) is -2.12. The normalized spacial score (nSPS) is 17.1. The number of aliphatic hydroxyl groups is 3. The van der Waals surface area contributed by atoms with Crippen LogP contribution < -0.4 is 0 Å². The molecule has 0 rings (SSSR count). The van der Waals surface area contributed by atoms with Crippen molar-refractivity contribution in [2.45, 2.75) is 18.6 Å². The summed E-state index contributed by atoms with van der Waals surface area (Å²) in [5, 5.41) is 43.3. The van der Waals surface area contributed by atoms with Crippen molar-refractivity contribution in [2.75, 3.05) is 6.61 Å². The molecule has 5 N–H and O–H groups in total. The van der Waals surface area contributed by atoms with Crippen LogP contribution in [0.4, 0.5) is 0 Å². The van der Waals surface area contributed by atoms with Crippen LogP contribution in [-0.2, 0) is 9.59 Å². The standard InChI is InChI=1S/C7H12O7/c8-2-4(9)6(12)3(7(13)14)1-5(10)11/h3-4,6,8-9,12H,1-2H2,(H,10,11)(H,13,14). The van der Waals surface area contributed by atoms with Gasteiger partial charge in [0.2, 0.25) is 0 Å². The highest BCUT2D eigenvalue weighted by Crippen LogP contribution is 2.13. The van der Waals surface area contributed by atoms with Gasteiger partial charge in [-0.15, -0.1) is 0 Å². The maximum Gasteiger partial charge on any atom is 0.309 e. The van der Waals surface area contributed by atoms with Crippen LogP contribution >= 0.6 is 0 Å². The largest absolute Gasteiger partial charge is 0.481 e. The minimum absolute atomic E-state index is 0.812. The monoisotopic (exact) mass is 208 g/mol. The summed E-state index contributed by atoms with van der Waals surface area (Å²) in [6, 6.07) is 0. The lowest BCUT2D eigenvalue weighted by Gasteiger charge is -2.20. The highest BCUT2D eigenvalue weighted by atomic mass is 16.4. The number of carbonyl (C=O) groups is 2. The van der Waals surface area contributed by atoms with E-state index in [0.29, 0.717) is 0 Å². The number of aliphatic hydroxyl groups excluding tert-OH is 3. The molecule has 0 aromatic heterocycles. The van der Waals surface area contributed by atoms with Gasteiger partial charge in [-0.25, -0.2) is 0 Å². The number of hydrogen-bond acceptors (Lipinski definition) is 5. The van der Waals surface area contributed by atoms with E-state index in [1.54, 1.807) is 0 Å². The zero-order valence-corrected chi connectivity index (χ0v) is 7.20. The van der Waals surface area contributed by atoms with E-state index in [0.717, 1.165) is 0 Å². The van der Waals surface area contributed by atoms with Crippen LogP contribution in [0, 0.1) is 5.92 Å². The Labute approximate surface area is 79.2 Å². The summed E-state index contributed by atoms with van der Waals surface area (Å²) in [4.78, 5) is 20.7. The second-order valence-electron chi connectivity index (χ2n) is 2.78. The highest BCUT2D eigenvalue weighted by molar-refractivity contribution is 5.78. The third kappa shape index (κ3) is 3.69. The van der Waals surface area contributed by atoms with Crippen LogP contribution in [0.1, 0.15) is 6.42 Å². The summed E-state index contributed by atoms with van der Waals surface area (Å²) in [5.41, 5.74) is 0. The van der Waals surface area contributed by atoms with Crippen molar-refractivity contribution < 1.29 is 35.1 Å². The molecule has 3 atom stereocenters. The van der Waals surface area contributed by atoms with E-state index in [2.05, 4.69) is 0 Å². The van der Waals surface area contributed by atoms with E-state index in [1.165, 1.54) is 0 Å². The first-order chi connectivity index (χ1) is 6.40.